The fraction of sp³-hybridized carbons (Fsp3) is 0.179. The number of aromatic nitrogens is 4. The first-order valence-corrected chi connectivity index (χ1v) is 17.8. The number of aryl methyl sites for hydroxylation is 3. The third kappa shape index (κ3) is 5.08. The predicted octanol–water partition coefficient (Wildman–Crippen LogP) is 10.8. The summed E-state index contributed by atoms with van der Waals surface area (Å²) in [5, 5.41) is 9.63. The summed E-state index contributed by atoms with van der Waals surface area (Å²) in [7, 11) is 0. The molecule has 0 N–H and O–H groups in total. The monoisotopic (exact) mass is 640 g/mol. The summed E-state index contributed by atoms with van der Waals surface area (Å²) in [5.74, 6) is 2.41. The average Bonchev–Trinajstić information content (AvgIpc) is 3.59. The Morgan fingerprint density at radius 3 is 2.22 bits per heavy atom. The first-order chi connectivity index (χ1) is 22.3. The van der Waals surface area contributed by atoms with Crippen molar-refractivity contribution in [3.63, 3.8) is 0 Å². The first kappa shape index (κ1) is 30.2. The van der Waals surface area contributed by atoms with Gasteiger partial charge in [-0.1, -0.05) is 30.3 Å². The normalized spacial score (nSPS) is 11.5. The number of benzene rings is 4. The average molecular weight is 641 g/mol. The second-order valence-corrected chi connectivity index (χ2v) is 13.4. The van der Waals surface area contributed by atoms with Crippen LogP contribution in [-0.4, -0.2) is 31.8 Å². The largest absolute Gasteiger partial charge is 0.457 e. The highest BCUT2D eigenvalue weighted by atomic mass is 32.2. The Hall–Kier alpha value is -4.46. The van der Waals surface area contributed by atoms with Crippen molar-refractivity contribution >= 4 is 45.3 Å². The van der Waals surface area contributed by atoms with Crippen LogP contribution < -0.4 is 4.74 Å². The lowest BCUT2D eigenvalue weighted by atomic mass is 9.91. The molecule has 0 bridgehead atoms. The van der Waals surface area contributed by atoms with Crippen LogP contribution in [0, 0.1) is 34.6 Å². The van der Waals surface area contributed by atoms with Crippen LogP contribution in [0.5, 0.6) is 11.5 Å². The Morgan fingerprint density at radius 2 is 1.43 bits per heavy atom. The maximum atomic E-state index is 6.56. The second-order valence-electron chi connectivity index (χ2n) is 11.8. The van der Waals surface area contributed by atoms with E-state index in [1.165, 1.54) is 44.3 Å². The van der Waals surface area contributed by atoms with E-state index in [1.807, 2.05) is 30.5 Å². The summed E-state index contributed by atoms with van der Waals surface area (Å²) in [6.45, 7) is 10.9. The molecule has 0 atom stereocenters. The Labute approximate surface area is 278 Å². The first-order valence-electron chi connectivity index (χ1n) is 15.3. The molecular weight excluding hydrogens is 605 g/mol. The van der Waals surface area contributed by atoms with Crippen LogP contribution in [-0.2, 0) is 0 Å². The highest BCUT2D eigenvalue weighted by Gasteiger charge is 2.24. The van der Waals surface area contributed by atoms with Gasteiger partial charge in [0.1, 0.15) is 27.4 Å². The van der Waals surface area contributed by atoms with E-state index < -0.39 is 0 Å². The highest BCUT2D eigenvalue weighted by molar-refractivity contribution is 7.99. The van der Waals surface area contributed by atoms with Gasteiger partial charge in [-0.15, -0.1) is 23.5 Å². The molecule has 0 spiro atoms. The summed E-state index contributed by atoms with van der Waals surface area (Å²) >= 11 is 3.42. The minimum absolute atomic E-state index is 0.751. The molecule has 0 aliphatic carbocycles. The van der Waals surface area contributed by atoms with Gasteiger partial charge in [-0.3, -0.25) is 4.57 Å². The smallest absolute Gasteiger partial charge is 0.137 e. The Kier molecular flexibility index (Phi) is 7.91. The van der Waals surface area contributed by atoms with E-state index in [4.69, 9.17) is 14.8 Å². The molecule has 0 aliphatic heterocycles. The van der Waals surface area contributed by atoms with Gasteiger partial charge in [0.15, 0.2) is 0 Å². The molecule has 0 radical (unpaired) electrons. The van der Waals surface area contributed by atoms with Crippen LogP contribution in [0.1, 0.15) is 27.8 Å². The molecule has 4 aromatic carbocycles. The zero-order chi connectivity index (χ0) is 32.1. The molecule has 0 fully saturated rings. The summed E-state index contributed by atoms with van der Waals surface area (Å²) in [6.07, 6.45) is 6.10. The van der Waals surface area contributed by atoms with Crippen LogP contribution in [0.4, 0.5) is 0 Å². The molecule has 7 rings (SSSR count). The van der Waals surface area contributed by atoms with Gasteiger partial charge in [0.2, 0.25) is 0 Å². The summed E-state index contributed by atoms with van der Waals surface area (Å²) < 4.78 is 10.8. The number of pyridine rings is 1. The van der Waals surface area contributed by atoms with Gasteiger partial charge in [-0.25, -0.2) is 9.67 Å². The van der Waals surface area contributed by atoms with Crippen molar-refractivity contribution in [2.45, 2.75) is 44.7 Å². The number of para-hydroxylation sites is 1. The molecule has 5 nitrogen and oxygen atoms in total. The van der Waals surface area contributed by atoms with Crippen LogP contribution in [0.25, 0.3) is 44.4 Å². The zero-order valence-corrected chi connectivity index (χ0v) is 28.8. The number of rotatable bonds is 7. The van der Waals surface area contributed by atoms with E-state index in [0.29, 0.717) is 0 Å². The minimum atomic E-state index is 0.751. The second kappa shape index (κ2) is 12.0. The molecule has 0 aliphatic rings. The zero-order valence-electron chi connectivity index (χ0n) is 27.2. The summed E-state index contributed by atoms with van der Waals surface area (Å²) in [5.41, 5.74) is 12.0. The van der Waals surface area contributed by atoms with E-state index in [0.717, 1.165) is 49.5 Å². The van der Waals surface area contributed by atoms with E-state index in [-0.39, 0.29) is 0 Å². The van der Waals surface area contributed by atoms with E-state index >= 15 is 0 Å². The number of fused-ring (bicyclic) bond motifs is 3. The predicted molar refractivity (Wildman–Crippen MR) is 195 cm³/mol. The molecule has 0 amide bonds. The third-order valence-corrected chi connectivity index (χ3v) is 10.3. The van der Waals surface area contributed by atoms with Gasteiger partial charge < -0.3 is 4.74 Å². The summed E-state index contributed by atoms with van der Waals surface area (Å²) in [6, 6.07) is 29.4. The van der Waals surface area contributed by atoms with Crippen molar-refractivity contribution in [3.8, 4) is 34.1 Å². The van der Waals surface area contributed by atoms with Gasteiger partial charge in [-0.2, -0.15) is 5.10 Å². The number of thioether (sulfide) groups is 2. The van der Waals surface area contributed by atoms with Gasteiger partial charge in [0.25, 0.3) is 0 Å². The molecule has 46 heavy (non-hydrogen) atoms. The lowest BCUT2D eigenvalue weighted by Crippen LogP contribution is -2.00. The molecule has 0 saturated heterocycles. The van der Waals surface area contributed by atoms with Crippen LogP contribution in [0.3, 0.4) is 0 Å². The Bertz CT molecular complexity index is 2280. The number of nitrogens with zero attached hydrogens (tertiary/aromatic N) is 4. The minimum Gasteiger partial charge on any atom is -0.457 e. The van der Waals surface area contributed by atoms with Crippen molar-refractivity contribution in [2.75, 3.05) is 12.5 Å². The van der Waals surface area contributed by atoms with Crippen LogP contribution in [0.15, 0.2) is 101 Å². The van der Waals surface area contributed by atoms with Crippen LogP contribution >= 0.6 is 23.5 Å². The molecule has 3 heterocycles. The van der Waals surface area contributed by atoms with Crippen LogP contribution in [0.2, 0.25) is 0 Å². The fourth-order valence-corrected chi connectivity index (χ4v) is 7.84. The topological polar surface area (TPSA) is 44.9 Å². The van der Waals surface area contributed by atoms with E-state index in [2.05, 4.69) is 117 Å². The van der Waals surface area contributed by atoms with E-state index in [1.54, 1.807) is 23.5 Å². The van der Waals surface area contributed by atoms with Gasteiger partial charge >= 0.3 is 0 Å². The van der Waals surface area contributed by atoms with Crippen molar-refractivity contribution in [3.05, 3.63) is 119 Å². The van der Waals surface area contributed by atoms with E-state index in [9.17, 15) is 0 Å². The SMILES string of the molecule is CSc1nn(-c2cccc(Oc3ccc4c5ccccc5n(-c5cc(C)ccn5)c4c3)c2)c(SC)c1-c1c(C)cc(C)c(C)c1C. The number of hydrogen-bond donors (Lipinski definition) is 0. The van der Waals surface area contributed by atoms with Crippen molar-refractivity contribution in [1.82, 2.24) is 19.3 Å². The Balaban J connectivity index is 1.31. The number of ether oxygens (including phenoxy) is 1. The molecule has 3 aromatic heterocycles. The van der Waals surface area contributed by atoms with Gasteiger partial charge in [0.05, 0.1) is 16.7 Å². The molecule has 7 heteroatoms. The molecule has 0 saturated carbocycles. The lowest BCUT2D eigenvalue weighted by Gasteiger charge is -2.16. The van der Waals surface area contributed by atoms with Crippen molar-refractivity contribution < 1.29 is 4.74 Å². The standard InChI is InChI=1S/C39H36N4OS2/c1-23-17-18-40-35(19-23)42-33-14-9-8-13-31(33)32-16-15-30(22-34(32)42)44-29-12-10-11-28(21-29)43-39(46-7)37(38(41-43)45-6)36-25(3)20-24(2)26(4)27(36)5/h8-22H,1-7H3. The summed E-state index contributed by atoms with van der Waals surface area (Å²) in [4.78, 5) is 4.72. The van der Waals surface area contributed by atoms with Crippen molar-refractivity contribution in [1.29, 1.82) is 0 Å². The molecule has 230 valence electrons. The third-order valence-electron chi connectivity index (χ3n) is 8.88. The maximum Gasteiger partial charge on any atom is 0.137 e. The quantitative estimate of drug-likeness (QED) is 0.162. The maximum absolute atomic E-state index is 6.56. The fourth-order valence-electron chi connectivity index (χ4n) is 6.49. The molecule has 0 unspecified atom stereocenters. The number of hydrogen-bond acceptors (Lipinski definition) is 5. The molecule has 7 aromatic rings. The lowest BCUT2D eigenvalue weighted by molar-refractivity contribution is 0.482. The van der Waals surface area contributed by atoms with Gasteiger partial charge in [0, 0.05) is 34.7 Å². The van der Waals surface area contributed by atoms with Crippen molar-refractivity contribution in [2.24, 2.45) is 0 Å². The highest BCUT2D eigenvalue weighted by Crippen LogP contribution is 2.43. The molecular formula is C39H36N4OS2. The van der Waals surface area contributed by atoms with Gasteiger partial charge in [-0.05, 0) is 123 Å². The Morgan fingerprint density at radius 1 is 0.652 bits per heavy atom.